The van der Waals surface area contributed by atoms with Crippen LogP contribution in [0.1, 0.15) is 5.69 Å². The molecule has 0 aliphatic carbocycles. The van der Waals surface area contributed by atoms with Gasteiger partial charge in [-0.25, -0.2) is 0 Å². The fraction of sp³-hybridized carbons (Fsp3) is 0.500. The van der Waals surface area contributed by atoms with Crippen LogP contribution in [-0.4, -0.2) is 26.1 Å². The van der Waals surface area contributed by atoms with Crippen molar-refractivity contribution in [1.29, 1.82) is 0 Å². The Morgan fingerprint density at radius 1 is 1.47 bits per heavy atom. The molecule has 0 N–H and O–H groups in total. The third-order valence-electron chi connectivity index (χ3n) is 2.16. The molecule has 2 rings (SSSR count). The van der Waals surface area contributed by atoms with Crippen LogP contribution in [0.4, 0.5) is 0 Å². The number of aromatic nitrogens is 1. The van der Waals surface area contributed by atoms with Gasteiger partial charge in [0.15, 0.2) is 17.7 Å². The van der Waals surface area contributed by atoms with Crippen LogP contribution in [0.5, 0.6) is 5.75 Å². The normalized spacial score (nSPS) is 16.9. The van der Waals surface area contributed by atoms with Gasteiger partial charge in [0.05, 0.1) is 13.2 Å². The van der Waals surface area contributed by atoms with Gasteiger partial charge in [0, 0.05) is 13.0 Å². The van der Waals surface area contributed by atoms with Crippen molar-refractivity contribution >= 4 is 0 Å². The maximum atomic E-state index is 11.2. The van der Waals surface area contributed by atoms with Gasteiger partial charge in [0.2, 0.25) is 6.20 Å². The Morgan fingerprint density at radius 3 is 2.87 bits per heavy atom. The summed E-state index contributed by atoms with van der Waals surface area (Å²) in [5.74, 6) is 0.523. The highest BCUT2D eigenvalue weighted by atomic mass is 16.7. The van der Waals surface area contributed by atoms with E-state index in [2.05, 4.69) is 0 Å². The zero-order valence-corrected chi connectivity index (χ0v) is 8.51. The smallest absolute Gasteiger partial charge is 0.222 e. The summed E-state index contributed by atoms with van der Waals surface area (Å²) in [5.41, 5.74) is 0.635. The summed E-state index contributed by atoms with van der Waals surface area (Å²) in [6, 6.07) is 3.46. The Labute approximate surface area is 87.8 Å². The Hall–Kier alpha value is -1.33. The zero-order chi connectivity index (χ0) is 10.7. The molecule has 15 heavy (non-hydrogen) atoms. The molecule has 1 aromatic rings. The molecule has 5 heteroatoms. The summed E-state index contributed by atoms with van der Waals surface area (Å²) in [5, 5.41) is 11.2. The lowest BCUT2D eigenvalue weighted by Crippen LogP contribution is -2.29. The molecule has 0 radical (unpaired) electrons. The first-order valence-electron chi connectivity index (χ1n) is 4.81. The van der Waals surface area contributed by atoms with E-state index in [1.165, 1.54) is 6.20 Å². The monoisotopic (exact) mass is 211 g/mol. The van der Waals surface area contributed by atoms with E-state index in [4.69, 9.17) is 14.2 Å². The van der Waals surface area contributed by atoms with E-state index < -0.39 is 0 Å². The van der Waals surface area contributed by atoms with E-state index in [9.17, 15) is 5.21 Å². The first-order valence-corrected chi connectivity index (χ1v) is 4.81. The standard InChI is InChI=1S/C10H13NO4/c1-8-2-3-9(6-11(8)12)15-7-10-13-4-5-14-10/h2-3,6,10H,4-5,7H2,1H3. The van der Waals surface area contributed by atoms with Crippen molar-refractivity contribution in [2.24, 2.45) is 0 Å². The fourth-order valence-corrected chi connectivity index (χ4v) is 1.29. The first kappa shape index (κ1) is 10.2. The summed E-state index contributed by atoms with van der Waals surface area (Å²) >= 11 is 0. The summed E-state index contributed by atoms with van der Waals surface area (Å²) in [7, 11) is 0. The molecule has 1 aliphatic heterocycles. The molecule has 5 nitrogen and oxygen atoms in total. The lowest BCUT2D eigenvalue weighted by Gasteiger charge is -2.10. The van der Waals surface area contributed by atoms with Crippen molar-refractivity contribution in [3.63, 3.8) is 0 Å². The second-order valence-corrected chi connectivity index (χ2v) is 3.31. The van der Waals surface area contributed by atoms with Crippen LogP contribution in [0.2, 0.25) is 0 Å². The molecule has 0 atom stereocenters. The van der Waals surface area contributed by atoms with E-state index in [1.807, 2.05) is 0 Å². The van der Waals surface area contributed by atoms with Crippen molar-refractivity contribution in [3.8, 4) is 5.75 Å². The van der Waals surface area contributed by atoms with E-state index >= 15 is 0 Å². The van der Waals surface area contributed by atoms with Crippen LogP contribution in [0, 0.1) is 12.1 Å². The third-order valence-corrected chi connectivity index (χ3v) is 2.16. The summed E-state index contributed by atoms with van der Waals surface area (Å²) in [6.07, 6.45) is 1.08. The molecule has 0 saturated carbocycles. The van der Waals surface area contributed by atoms with Crippen LogP contribution < -0.4 is 9.47 Å². The molecule has 1 fully saturated rings. The van der Waals surface area contributed by atoms with Gasteiger partial charge in [-0.05, 0) is 6.07 Å². The second-order valence-electron chi connectivity index (χ2n) is 3.31. The second kappa shape index (κ2) is 4.46. The van der Waals surface area contributed by atoms with E-state index in [0.29, 0.717) is 31.3 Å². The minimum Gasteiger partial charge on any atom is -0.618 e. The number of ether oxygens (including phenoxy) is 3. The molecule has 1 aliphatic rings. The number of rotatable bonds is 3. The lowest BCUT2D eigenvalue weighted by atomic mass is 10.4. The van der Waals surface area contributed by atoms with Gasteiger partial charge in [-0.1, -0.05) is 0 Å². The predicted octanol–water partition coefficient (Wildman–Crippen LogP) is 0.380. The maximum absolute atomic E-state index is 11.2. The topological polar surface area (TPSA) is 54.6 Å². The fourth-order valence-electron chi connectivity index (χ4n) is 1.29. The van der Waals surface area contributed by atoms with E-state index in [0.717, 1.165) is 4.73 Å². The van der Waals surface area contributed by atoms with Crippen molar-refractivity contribution in [1.82, 2.24) is 0 Å². The van der Waals surface area contributed by atoms with Crippen LogP contribution in [0.15, 0.2) is 18.3 Å². The molecule has 0 aromatic carbocycles. The number of pyridine rings is 1. The summed E-state index contributed by atoms with van der Waals surface area (Å²) in [6.45, 7) is 3.25. The van der Waals surface area contributed by atoms with E-state index in [1.54, 1.807) is 19.1 Å². The van der Waals surface area contributed by atoms with Gasteiger partial charge in [0.25, 0.3) is 0 Å². The molecule has 0 spiro atoms. The number of nitrogens with zero attached hydrogens (tertiary/aromatic N) is 1. The highest BCUT2D eigenvalue weighted by Crippen LogP contribution is 2.10. The molecule has 0 bridgehead atoms. The number of hydrogen-bond acceptors (Lipinski definition) is 4. The van der Waals surface area contributed by atoms with Crippen molar-refractivity contribution < 1.29 is 18.9 Å². The minimum absolute atomic E-state index is 0.309. The lowest BCUT2D eigenvalue weighted by molar-refractivity contribution is -0.612. The van der Waals surface area contributed by atoms with Crippen molar-refractivity contribution in [2.75, 3.05) is 19.8 Å². The number of hydrogen-bond donors (Lipinski definition) is 0. The average Bonchev–Trinajstić information content (AvgIpc) is 2.73. The van der Waals surface area contributed by atoms with Crippen LogP contribution in [0.25, 0.3) is 0 Å². The quantitative estimate of drug-likeness (QED) is 0.535. The molecule has 82 valence electrons. The van der Waals surface area contributed by atoms with Gasteiger partial charge in [0.1, 0.15) is 6.61 Å². The zero-order valence-electron chi connectivity index (χ0n) is 8.51. The SMILES string of the molecule is Cc1ccc(OCC2OCCO2)c[n+]1[O-]. The van der Waals surface area contributed by atoms with Crippen molar-refractivity contribution in [3.05, 3.63) is 29.2 Å². The highest BCUT2D eigenvalue weighted by Gasteiger charge is 2.16. The maximum Gasteiger partial charge on any atom is 0.222 e. The van der Waals surface area contributed by atoms with Crippen LogP contribution in [-0.2, 0) is 9.47 Å². The largest absolute Gasteiger partial charge is 0.618 e. The molecular formula is C10H13NO4. The van der Waals surface area contributed by atoms with Crippen molar-refractivity contribution in [2.45, 2.75) is 13.2 Å². The Bertz CT molecular complexity index is 336. The minimum atomic E-state index is -0.314. The van der Waals surface area contributed by atoms with Gasteiger partial charge in [-0.3, -0.25) is 0 Å². The third kappa shape index (κ3) is 2.57. The van der Waals surface area contributed by atoms with Gasteiger partial charge >= 0.3 is 0 Å². The average molecular weight is 211 g/mol. The summed E-state index contributed by atoms with van der Waals surface area (Å²) < 4.78 is 16.5. The Kier molecular flexibility index (Phi) is 3.03. The Balaban J connectivity index is 1.90. The van der Waals surface area contributed by atoms with Crippen LogP contribution in [0.3, 0.4) is 0 Å². The van der Waals surface area contributed by atoms with Crippen LogP contribution >= 0.6 is 0 Å². The highest BCUT2D eigenvalue weighted by molar-refractivity contribution is 5.15. The van der Waals surface area contributed by atoms with Gasteiger partial charge in [-0.2, -0.15) is 4.73 Å². The molecule has 1 saturated heterocycles. The molecule has 0 amide bonds. The molecule has 0 unspecified atom stereocenters. The van der Waals surface area contributed by atoms with Gasteiger partial charge < -0.3 is 19.4 Å². The summed E-state index contributed by atoms with van der Waals surface area (Å²) in [4.78, 5) is 0. The molecule has 1 aromatic heterocycles. The van der Waals surface area contributed by atoms with Gasteiger partial charge in [-0.15, -0.1) is 0 Å². The Morgan fingerprint density at radius 2 is 2.20 bits per heavy atom. The molecule has 2 heterocycles. The number of aryl methyl sites for hydroxylation is 1. The predicted molar refractivity (Wildman–Crippen MR) is 51.3 cm³/mol. The van der Waals surface area contributed by atoms with E-state index in [-0.39, 0.29) is 6.29 Å². The molecular weight excluding hydrogens is 198 g/mol. The first-order chi connectivity index (χ1) is 7.25.